The molecule has 0 saturated carbocycles. The summed E-state index contributed by atoms with van der Waals surface area (Å²) in [6.45, 7) is 3.76. The Hall–Kier alpha value is -2.01. The van der Waals surface area contributed by atoms with Crippen LogP contribution in [0.5, 0.6) is 5.75 Å². The van der Waals surface area contributed by atoms with E-state index in [2.05, 4.69) is 16.6 Å². The lowest BCUT2D eigenvalue weighted by Gasteiger charge is -2.08. The third-order valence-corrected chi connectivity index (χ3v) is 2.67. The van der Waals surface area contributed by atoms with E-state index in [9.17, 15) is 9.59 Å². The molecule has 1 N–H and O–H groups in total. The number of ether oxygens (including phenoxy) is 2. The van der Waals surface area contributed by atoms with Crippen LogP contribution in [-0.2, 0) is 20.7 Å². The van der Waals surface area contributed by atoms with Crippen molar-refractivity contribution in [2.24, 2.45) is 0 Å². The number of rotatable bonds is 7. The Balaban J connectivity index is 2.55. The van der Waals surface area contributed by atoms with Gasteiger partial charge in [-0.1, -0.05) is 30.3 Å². The smallest absolute Gasteiger partial charge is 0.325 e. The van der Waals surface area contributed by atoms with E-state index in [4.69, 9.17) is 16.3 Å². The summed E-state index contributed by atoms with van der Waals surface area (Å²) < 4.78 is 9.75. The van der Waals surface area contributed by atoms with Crippen LogP contribution in [-0.4, -0.2) is 32.1 Å². The van der Waals surface area contributed by atoms with E-state index < -0.39 is 5.97 Å². The Labute approximate surface area is 122 Å². The largest absolute Gasteiger partial charge is 0.488 e. The third-order valence-electron chi connectivity index (χ3n) is 2.38. The molecule has 0 radical (unpaired) electrons. The van der Waals surface area contributed by atoms with E-state index in [1.165, 1.54) is 7.11 Å². The van der Waals surface area contributed by atoms with Crippen molar-refractivity contribution < 1.29 is 19.1 Å². The molecule has 0 spiro atoms. The number of carbonyl (C=O) groups is 2. The summed E-state index contributed by atoms with van der Waals surface area (Å²) in [5.41, 5.74) is 0.725. The molecular weight excluding hydrogens is 282 g/mol. The highest BCUT2D eigenvalue weighted by molar-refractivity contribution is 6.32. The van der Waals surface area contributed by atoms with Gasteiger partial charge in [0.25, 0.3) is 0 Å². The number of benzene rings is 1. The van der Waals surface area contributed by atoms with Gasteiger partial charge < -0.3 is 14.8 Å². The molecule has 0 atom stereocenters. The molecule has 0 unspecified atom stereocenters. The Morgan fingerprint density at radius 2 is 2.20 bits per heavy atom. The van der Waals surface area contributed by atoms with Crippen molar-refractivity contribution in [1.82, 2.24) is 5.32 Å². The van der Waals surface area contributed by atoms with E-state index >= 15 is 0 Å². The normalized spacial score (nSPS) is 9.70. The Morgan fingerprint density at radius 1 is 1.45 bits per heavy atom. The maximum Gasteiger partial charge on any atom is 0.325 e. The number of carbonyl (C=O) groups excluding carboxylic acids is 2. The van der Waals surface area contributed by atoms with E-state index in [1.807, 2.05) is 0 Å². The van der Waals surface area contributed by atoms with Gasteiger partial charge in [0.05, 0.1) is 18.6 Å². The molecule has 0 fully saturated rings. The molecule has 1 rings (SSSR count). The second kappa shape index (κ2) is 8.22. The first kappa shape index (κ1) is 16.0. The molecule has 6 heteroatoms. The SMILES string of the molecule is C=CCOc1ccc(CC(=O)NCC(=O)OC)cc1Cl. The van der Waals surface area contributed by atoms with Crippen LogP contribution < -0.4 is 10.1 Å². The van der Waals surface area contributed by atoms with Crippen LogP contribution in [0.3, 0.4) is 0 Å². The van der Waals surface area contributed by atoms with Crippen molar-refractivity contribution in [1.29, 1.82) is 0 Å². The number of esters is 1. The topological polar surface area (TPSA) is 64.6 Å². The lowest BCUT2D eigenvalue weighted by molar-refractivity contribution is -0.141. The maximum atomic E-state index is 11.6. The molecule has 1 aromatic rings. The molecule has 1 amide bonds. The Kier molecular flexibility index (Phi) is 6.59. The minimum Gasteiger partial charge on any atom is -0.488 e. The van der Waals surface area contributed by atoms with Crippen molar-refractivity contribution in [3.8, 4) is 5.75 Å². The van der Waals surface area contributed by atoms with Gasteiger partial charge >= 0.3 is 5.97 Å². The molecule has 0 aliphatic heterocycles. The summed E-state index contributed by atoms with van der Waals surface area (Å²) in [4.78, 5) is 22.5. The molecule has 0 aliphatic rings. The number of amides is 1. The highest BCUT2D eigenvalue weighted by Crippen LogP contribution is 2.25. The second-order valence-corrected chi connectivity index (χ2v) is 4.30. The minimum atomic E-state index is -0.496. The van der Waals surface area contributed by atoms with Gasteiger partial charge in [-0.15, -0.1) is 0 Å². The number of halogens is 1. The number of hydrogen-bond donors (Lipinski definition) is 1. The zero-order valence-electron chi connectivity index (χ0n) is 11.1. The molecular formula is C14H16ClNO4. The van der Waals surface area contributed by atoms with Crippen LogP contribution in [0, 0.1) is 0 Å². The molecule has 0 aromatic heterocycles. The zero-order valence-corrected chi connectivity index (χ0v) is 11.9. The first-order valence-corrected chi connectivity index (χ1v) is 6.30. The monoisotopic (exact) mass is 297 g/mol. The Morgan fingerprint density at radius 3 is 2.80 bits per heavy atom. The standard InChI is InChI=1S/C14H16ClNO4/c1-3-6-20-12-5-4-10(7-11(12)15)8-13(17)16-9-14(18)19-2/h3-5,7H,1,6,8-9H2,2H3,(H,16,17). The highest BCUT2D eigenvalue weighted by atomic mass is 35.5. The van der Waals surface area contributed by atoms with E-state index in [0.717, 1.165) is 5.56 Å². The zero-order chi connectivity index (χ0) is 15.0. The Bertz CT molecular complexity index is 502. The summed E-state index contributed by atoms with van der Waals surface area (Å²) in [7, 11) is 1.26. The van der Waals surface area contributed by atoms with Gasteiger partial charge in [0, 0.05) is 0 Å². The number of methoxy groups -OCH3 is 1. The van der Waals surface area contributed by atoms with Gasteiger partial charge in [0.2, 0.25) is 5.91 Å². The van der Waals surface area contributed by atoms with E-state index in [0.29, 0.717) is 17.4 Å². The van der Waals surface area contributed by atoms with E-state index in [-0.39, 0.29) is 18.9 Å². The highest BCUT2D eigenvalue weighted by Gasteiger charge is 2.08. The predicted molar refractivity (Wildman–Crippen MR) is 75.9 cm³/mol. The third kappa shape index (κ3) is 5.32. The molecule has 108 valence electrons. The van der Waals surface area contributed by atoms with Crippen LogP contribution in [0.1, 0.15) is 5.56 Å². The summed E-state index contributed by atoms with van der Waals surface area (Å²) >= 11 is 6.03. The minimum absolute atomic E-state index is 0.123. The quantitative estimate of drug-likeness (QED) is 0.615. The number of nitrogens with one attached hydrogen (secondary N) is 1. The molecule has 0 bridgehead atoms. The molecule has 0 heterocycles. The molecule has 0 aliphatic carbocycles. The van der Waals surface area contributed by atoms with Crippen molar-refractivity contribution in [2.75, 3.05) is 20.3 Å². The van der Waals surface area contributed by atoms with Gasteiger partial charge in [-0.3, -0.25) is 9.59 Å². The molecule has 1 aromatic carbocycles. The summed E-state index contributed by atoms with van der Waals surface area (Å²) in [6, 6.07) is 5.08. The summed E-state index contributed by atoms with van der Waals surface area (Å²) in [6.07, 6.45) is 1.74. The lowest BCUT2D eigenvalue weighted by atomic mass is 10.1. The van der Waals surface area contributed by atoms with Crippen LogP contribution >= 0.6 is 11.6 Å². The van der Waals surface area contributed by atoms with Crippen molar-refractivity contribution in [2.45, 2.75) is 6.42 Å². The molecule has 20 heavy (non-hydrogen) atoms. The van der Waals surface area contributed by atoms with Gasteiger partial charge in [0.1, 0.15) is 18.9 Å². The predicted octanol–water partition coefficient (Wildman–Crippen LogP) is 1.74. The second-order valence-electron chi connectivity index (χ2n) is 3.89. The first-order valence-electron chi connectivity index (χ1n) is 5.92. The van der Waals surface area contributed by atoms with Crippen LogP contribution in [0.4, 0.5) is 0 Å². The molecule has 0 saturated heterocycles. The maximum absolute atomic E-state index is 11.6. The van der Waals surface area contributed by atoms with Crippen LogP contribution in [0.2, 0.25) is 5.02 Å². The van der Waals surface area contributed by atoms with Crippen molar-refractivity contribution in [3.63, 3.8) is 0 Å². The average Bonchev–Trinajstić information content (AvgIpc) is 2.44. The van der Waals surface area contributed by atoms with Crippen molar-refractivity contribution in [3.05, 3.63) is 41.4 Å². The van der Waals surface area contributed by atoms with Gasteiger partial charge in [0.15, 0.2) is 0 Å². The summed E-state index contributed by atoms with van der Waals surface area (Å²) in [5, 5.41) is 2.87. The van der Waals surface area contributed by atoms with Crippen LogP contribution in [0.15, 0.2) is 30.9 Å². The van der Waals surface area contributed by atoms with Crippen molar-refractivity contribution >= 4 is 23.5 Å². The van der Waals surface area contributed by atoms with E-state index in [1.54, 1.807) is 24.3 Å². The first-order chi connectivity index (χ1) is 9.56. The fraction of sp³-hybridized carbons (Fsp3) is 0.286. The van der Waals surface area contributed by atoms with Gasteiger partial charge in [-0.25, -0.2) is 0 Å². The fourth-order valence-corrected chi connectivity index (χ4v) is 1.67. The fourth-order valence-electron chi connectivity index (χ4n) is 1.41. The number of hydrogen-bond acceptors (Lipinski definition) is 4. The van der Waals surface area contributed by atoms with Gasteiger partial charge in [-0.2, -0.15) is 0 Å². The van der Waals surface area contributed by atoms with Gasteiger partial charge in [-0.05, 0) is 17.7 Å². The lowest BCUT2D eigenvalue weighted by Crippen LogP contribution is -2.31. The average molecular weight is 298 g/mol. The van der Waals surface area contributed by atoms with Crippen LogP contribution in [0.25, 0.3) is 0 Å². The summed E-state index contributed by atoms with van der Waals surface area (Å²) in [5.74, 6) is -0.249. The molecule has 5 nitrogen and oxygen atoms in total.